The van der Waals surface area contributed by atoms with Crippen LogP contribution in [-0.2, 0) is 20.1 Å². The summed E-state index contributed by atoms with van der Waals surface area (Å²) < 4.78 is 10.6. The molecule has 8 heteroatoms. The molecule has 1 rings (SSSR count). The standard InChI is InChI=1S/C18H26Br2N2O4/c1-17(2,3)25-15(23)21-13-8-14(12(10-20)7-11(13)9-19)22-16(24)26-18(4,5)6/h7-8H,9-10H2,1-6H3,(H,21,23)(H,22,24). The number of benzene rings is 1. The minimum absolute atomic E-state index is 0.533. The molecule has 26 heavy (non-hydrogen) atoms. The molecule has 2 amide bonds. The van der Waals surface area contributed by atoms with Crippen molar-refractivity contribution in [3.05, 3.63) is 23.3 Å². The van der Waals surface area contributed by atoms with Gasteiger partial charge in [-0.15, -0.1) is 0 Å². The number of rotatable bonds is 4. The Balaban J connectivity index is 3.11. The minimum Gasteiger partial charge on any atom is -0.444 e. The predicted molar refractivity (Wildman–Crippen MR) is 111 cm³/mol. The second-order valence-corrected chi connectivity index (χ2v) is 8.81. The molecule has 0 atom stereocenters. The van der Waals surface area contributed by atoms with Crippen molar-refractivity contribution in [1.29, 1.82) is 0 Å². The molecule has 2 N–H and O–H groups in total. The molecular formula is C18H26Br2N2O4. The molecular weight excluding hydrogens is 468 g/mol. The predicted octanol–water partition coefficient (Wildman–Crippen LogP) is 6.17. The first-order chi connectivity index (χ1) is 11.8. The van der Waals surface area contributed by atoms with E-state index in [0.717, 1.165) is 11.1 Å². The highest BCUT2D eigenvalue weighted by atomic mass is 79.9. The molecule has 0 bridgehead atoms. The Labute approximate surface area is 171 Å². The lowest BCUT2D eigenvalue weighted by Gasteiger charge is -2.22. The number of carbonyl (C=O) groups is 2. The van der Waals surface area contributed by atoms with Crippen molar-refractivity contribution < 1.29 is 19.1 Å². The second-order valence-electron chi connectivity index (χ2n) is 7.69. The minimum atomic E-state index is -0.605. The van der Waals surface area contributed by atoms with Gasteiger partial charge in [-0.2, -0.15) is 0 Å². The van der Waals surface area contributed by atoms with Crippen LogP contribution in [0.3, 0.4) is 0 Å². The van der Waals surface area contributed by atoms with E-state index in [1.807, 2.05) is 6.07 Å². The van der Waals surface area contributed by atoms with E-state index in [1.165, 1.54) is 0 Å². The number of ether oxygens (including phenoxy) is 2. The summed E-state index contributed by atoms with van der Waals surface area (Å²) >= 11 is 6.84. The lowest BCUT2D eigenvalue weighted by Crippen LogP contribution is -2.28. The van der Waals surface area contributed by atoms with Gasteiger partial charge in [-0.1, -0.05) is 31.9 Å². The van der Waals surface area contributed by atoms with Gasteiger partial charge < -0.3 is 9.47 Å². The zero-order valence-corrected chi connectivity index (χ0v) is 19.1. The average molecular weight is 494 g/mol. The average Bonchev–Trinajstić information content (AvgIpc) is 2.43. The number of hydrogen-bond acceptors (Lipinski definition) is 4. The van der Waals surface area contributed by atoms with Crippen LogP contribution >= 0.6 is 31.9 Å². The molecule has 146 valence electrons. The molecule has 0 spiro atoms. The number of hydrogen-bond donors (Lipinski definition) is 2. The topological polar surface area (TPSA) is 76.7 Å². The molecule has 0 aliphatic rings. The van der Waals surface area contributed by atoms with Gasteiger partial charge in [0.25, 0.3) is 0 Å². The Bertz CT molecular complexity index is 611. The van der Waals surface area contributed by atoms with Gasteiger partial charge in [0.15, 0.2) is 0 Å². The van der Waals surface area contributed by atoms with E-state index < -0.39 is 23.4 Å². The number of amides is 2. The van der Waals surface area contributed by atoms with Crippen molar-refractivity contribution in [2.75, 3.05) is 10.6 Å². The summed E-state index contributed by atoms with van der Waals surface area (Å²) in [6.07, 6.45) is -1.12. The second kappa shape index (κ2) is 9.08. The first-order valence-electron chi connectivity index (χ1n) is 8.12. The van der Waals surface area contributed by atoms with Gasteiger partial charge in [0.05, 0.1) is 11.4 Å². The highest BCUT2D eigenvalue weighted by Crippen LogP contribution is 2.30. The third-order valence-corrected chi connectivity index (χ3v) is 4.10. The van der Waals surface area contributed by atoms with Crippen molar-refractivity contribution in [3.8, 4) is 0 Å². The van der Waals surface area contributed by atoms with E-state index in [9.17, 15) is 9.59 Å². The van der Waals surface area contributed by atoms with Crippen LogP contribution in [0.1, 0.15) is 52.7 Å². The van der Waals surface area contributed by atoms with Crippen molar-refractivity contribution in [2.45, 2.75) is 63.4 Å². The van der Waals surface area contributed by atoms with Crippen molar-refractivity contribution >= 4 is 55.4 Å². The van der Waals surface area contributed by atoms with Crippen LogP contribution in [-0.4, -0.2) is 23.4 Å². The maximum Gasteiger partial charge on any atom is 0.412 e. The van der Waals surface area contributed by atoms with Gasteiger partial charge >= 0.3 is 12.2 Å². The molecule has 0 aromatic heterocycles. The van der Waals surface area contributed by atoms with Gasteiger partial charge in [-0.25, -0.2) is 9.59 Å². The van der Waals surface area contributed by atoms with Crippen molar-refractivity contribution in [2.24, 2.45) is 0 Å². The molecule has 0 aliphatic heterocycles. The first kappa shape index (κ1) is 22.8. The quantitative estimate of drug-likeness (QED) is 0.491. The van der Waals surface area contributed by atoms with Crippen LogP contribution in [0.2, 0.25) is 0 Å². The Hall–Kier alpha value is -1.28. The maximum atomic E-state index is 12.1. The van der Waals surface area contributed by atoms with Crippen LogP contribution in [0.4, 0.5) is 21.0 Å². The summed E-state index contributed by atoms with van der Waals surface area (Å²) in [4.78, 5) is 24.2. The van der Waals surface area contributed by atoms with Gasteiger partial charge in [0.1, 0.15) is 11.2 Å². The number of halogens is 2. The summed E-state index contributed by atoms with van der Waals surface area (Å²) in [5.74, 6) is 0. The van der Waals surface area contributed by atoms with Crippen LogP contribution in [0.5, 0.6) is 0 Å². The van der Waals surface area contributed by atoms with Crippen LogP contribution < -0.4 is 10.6 Å². The molecule has 0 radical (unpaired) electrons. The number of alkyl halides is 2. The Kier molecular flexibility index (Phi) is 7.95. The molecule has 0 fully saturated rings. The molecule has 1 aromatic carbocycles. The van der Waals surface area contributed by atoms with Gasteiger partial charge in [-0.05, 0) is 64.8 Å². The fourth-order valence-electron chi connectivity index (χ4n) is 1.98. The fraction of sp³-hybridized carbons (Fsp3) is 0.556. The van der Waals surface area contributed by atoms with Crippen molar-refractivity contribution in [1.82, 2.24) is 0 Å². The van der Waals surface area contributed by atoms with Crippen LogP contribution in [0.25, 0.3) is 0 Å². The van der Waals surface area contributed by atoms with Gasteiger partial charge in [0.2, 0.25) is 0 Å². The molecule has 0 aliphatic carbocycles. The lowest BCUT2D eigenvalue weighted by molar-refractivity contribution is 0.0625. The summed E-state index contributed by atoms with van der Waals surface area (Å²) in [7, 11) is 0. The molecule has 0 saturated carbocycles. The number of nitrogens with one attached hydrogen (secondary N) is 2. The van der Waals surface area contributed by atoms with E-state index in [2.05, 4.69) is 42.5 Å². The van der Waals surface area contributed by atoms with E-state index in [1.54, 1.807) is 47.6 Å². The maximum absolute atomic E-state index is 12.1. The van der Waals surface area contributed by atoms with E-state index >= 15 is 0 Å². The Morgan fingerprint density at radius 2 is 1.15 bits per heavy atom. The third kappa shape index (κ3) is 7.95. The monoisotopic (exact) mass is 492 g/mol. The zero-order chi connectivity index (χ0) is 20.1. The highest BCUT2D eigenvalue weighted by molar-refractivity contribution is 9.08. The first-order valence-corrected chi connectivity index (χ1v) is 10.4. The normalized spacial score (nSPS) is 11.7. The Morgan fingerprint density at radius 3 is 1.42 bits per heavy atom. The summed E-state index contributed by atoms with van der Waals surface area (Å²) in [5, 5.41) is 6.53. The highest BCUT2D eigenvalue weighted by Gasteiger charge is 2.20. The zero-order valence-electron chi connectivity index (χ0n) is 16.0. The molecule has 0 saturated heterocycles. The fourth-order valence-corrected chi connectivity index (χ4v) is 2.90. The third-order valence-electron chi connectivity index (χ3n) is 2.89. The molecule has 0 unspecified atom stereocenters. The van der Waals surface area contributed by atoms with Crippen LogP contribution in [0, 0.1) is 0 Å². The number of anilines is 2. The van der Waals surface area contributed by atoms with E-state index in [-0.39, 0.29) is 0 Å². The Morgan fingerprint density at radius 1 is 0.808 bits per heavy atom. The van der Waals surface area contributed by atoms with Crippen LogP contribution in [0.15, 0.2) is 12.1 Å². The van der Waals surface area contributed by atoms with E-state index in [4.69, 9.17) is 9.47 Å². The van der Waals surface area contributed by atoms with E-state index in [0.29, 0.717) is 22.0 Å². The smallest absolute Gasteiger partial charge is 0.412 e. The summed E-state index contributed by atoms with van der Waals surface area (Å²) in [6, 6.07) is 3.59. The SMILES string of the molecule is CC(C)(C)OC(=O)Nc1cc(NC(=O)OC(C)(C)C)c(CBr)cc1CBr. The number of carbonyl (C=O) groups excluding carboxylic acids is 2. The van der Waals surface area contributed by atoms with Crippen molar-refractivity contribution in [3.63, 3.8) is 0 Å². The summed E-state index contributed by atoms with van der Waals surface area (Å²) in [5.41, 5.74) is 1.61. The lowest BCUT2D eigenvalue weighted by atomic mass is 10.1. The van der Waals surface area contributed by atoms with Gasteiger partial charge in [0, 0.05) is 10.7 Å². The van der Waals surface area contributed by atoms with Gasteiger partial charge in [-0.3, -0.25) is 10.6 Å². The summed E-state index contributed by atoms with van der Waals surface area (Å²) in [6.45, 7) is 10.8. The molecule has 6 nitrogen and oxygen atoms in total. The molecule has 0 heterocycles. The largest absolute Gasteiger partial charge is 0.444 e. The molecule has 1 aromatic rings.